The number of nitriles is 1. The van der Waals surface area contributed by atoms with E-state index in [0.717, 1.165) is 5.56 Å². The Bertz CT molecular complexity index is 462. The third kappa shape index (κ3) is 3.57. The molecule has 1 rings (SSSR count). The molecule has 4 heteroatoms. The highest BCUT2D eigenvalue weighted by Crippen LogP contribution is 2.10. The maximum absolute atomic E-state index is 12.0. The van der Waals surface area contributed by atoms with Gasteiger partial charge in [0.05, 0.1) is 17.6 Å². The molecule has 18 heavy (non-hydrogen) atoms. The summed E-state index contributed by atoms with van der Waals surface area (Å²) in [6.45, 7) is 4.15. The number of hydrogen-bond donors (Lipinski definition) is 1. The standard InChI is InChI=1S/C14H19N3O/c1-10(11(2)16)14(18)17(3)9-13-6-4-5-12(7-13)8-15/h4-7,10-11H,9,16H2,1-3H3. The highest BCUT2D eigenvalue weighted by Gasteiger charge is 2.20. The average molecular weight is 245 g/mol. The van der Waals surface area contributed by atoms with E-state index in [1.807, 2.05) is 26.0 Å². The molecule has 0 saturated carbocycles. The topological polar surface area (TPSA) is 70.1 Å². The van der Waals surface area contributed by atoms with Crippen molar-refractivity contribution in [2.45, 2.75) is 26.4 Å². The van der Waals surface area contributed by atoms with Crippen molar-refractivity contribution in [3.05, 3.63) is 35.4 Å². The van der Waals surface area contributed by atoms with Gasteiger partial charge in [-0.3, -0.25) is 4.79 Å². The number of nitrogens with zero attached hydrogens (tertiary/aromatic N) is 2. The van der Waals surface area contributed by atoms with Crippen molar-refractivity contribution in [2.24, 2.45) is 11.7 Å². The molecular formula is C14H19N3O. The van der Waals surface area contributed by atoms with Gasteiger partial charge >= 0.3 is 0 Å². The van der Waals surface area contributed by atoms with E-state index in [1.54, 1.807) is 24.1 Å². The molecule has 96 valence electrons. The molecule has 1 aromatic carbocycles. The van der Waals surface area contributed by atoms with E-state index < -0.39 is 0 Å². The second kappa shape index (κ2) is 6.18. The lowest BCUT2D eigenvalue weighted by molar-refractivity contribution is -0.134. The molecule has 0 aromatic heterocycles. The Morgan fingerprint density at radius 3 is 2.72 bits per heavy atom. The third-order valence-electron chi connectivity index (χ3n) is 3.03. The van der Waals surface area contributed by atoms with E-state index >= 15 is 0 Å². The molecule has 0 aliphatic heterocycles. The zero-order valence-electron chi connectivity index (χ0n) is 11.1. The molecule has 1 amide bonds. The van der Waals surface area contributed by atoms with Crippen LogP contribution in [0.3, 0.4) is 0 Å². The summed E-state index contributed by atoms with van der Waals surface area (Å²) in [4.78, 5) is 13.7. The van der Waals surface area contributed by atoms with Gasteiger partial charge in [0.2, 0.25) is 5.91 Å². The minimum Gasteiger partial charge on any atom is -0.341 e. The summed E-state index contributed by atoms with van der Waals surface area (Å²) in [7, 11) is 1.75. The summed E-state index contributed by atoms with van der Waals surface area (Å²) in [6, 6.07) is 9.19. The lowest BCUT2D eigenvalue weighted by atomic mass is 10.0. The van der Waals surface area contributed by atoms with Gasteiger partial charge in [0, 0.05) is 19.6 Å². The summed E-state index contributed by atoms with van der Waals surface area (Å²) in [5.41, 5.74) is 7.27. The van der Waals surface area contributed by atoms with Crippen molar-refractivity contribution in [1.29, 1.82) is 5.26 Å². The van der Waals surface area contributed by atoms with Crippen LogP contribution >= 0.6 is 0 Å². The summed E-state index contributed by atoms with van der Waals surface area (Å²) in [5.74, 6) is -0.179. The molecule has 0 aliphatic rings. The zero-order valence-corrected chi connectivity index (χ0v) is 11.1. The van der Waals surface area contributed by atoms with E-state index in [0.29, 0.717) is 12.1 Å². The molecule has 0 fully saturated rings. The van der Waals surface area contributed by atoms with Crippen molar-refractivity contribution in [3.8, 4) is 6.07 Å². The molecule has 0 radical (unpaired) electrons. The van der Waals surface area contributed by atoms with Crippen molar-refractivity contribution < 1.29 is 4.79 Å². The van der Waals surface area contributed by atoms with Crippen molar-refractivity contribution in [3.63, 3.8) is 0 Å². The highest BCUT2D eigenvalue weighted by atomic mass is 16.2. The Labute approximate surface area is 108 Å². The second-order valence-corrected chi connectivity index (χ2v) is 4.65. The van der Waals surface area contributed by atoms with E-state index in [-0.39, 0.29) is 17.9 Å². The van der Waals surface area contributed by atoms with E-state index in [2.05, 4.69) is 6.07 Å². The average Bonchev–Trinajstić information content (AvgIpc) is 2.36. The van der Waals surface area contributed by atoms with Crippen LogP contribution in [0.4, 0.5) is 0 Å². The van der Waals surface area contributed by atoms with E-state index in [1.165, 1.54) is 0 Å². The van der Waals surface area contributed by atoms with Gasteiger partial charge in [0.1, 0.15) is 0 Å². The summed E-state index contributed by atoms with van der Waals surface area (Å²) < 4.78 is 0. The quantitative estimate of drug-likeness (QED) is 0.874. The monoisotopic (exact) mass is 245 g/mol. The number of hydrogen-bond acceptors (Lipinski definition) is 3. The molecule has 0 heterocycles. The number of benzene rings is 1. The predicted octanol–water partition coefficient (Wildman–Crippen LogP) is 1.50. The van der Waals surface area contributed by atoms with Crippen molar-refractivity contribution in [2.75, 3.05) is 7.05 Å². The number of amides is 1. The van der Waals surface area contributed by atoms with Crippen LogP contribution in [-0.4, -0.2) is 23.9 Å². The van der Waals surface area contributed by atoms with Gasteiger partial charge in [-0.15, -0.1) is 0 Å². The number of carbonyl (C=O) groups excluding carboxylic acids is 1. The molecule has 2 unspecified atom stereocenters. The van der Waals surface area contributed by atoms with Crippen LogP contribution < -0.4 is 5.73 Å². The summed E-state index contributed by atoms with van der Waals surface area (Å²) in [6.07, 6.45) is 0. The Balaban J connectivity index is 2.72. The van der Waals surface area contributed by atoms with Gasteiger partial charge in [-0.25, -0.2) is 0 Å². The number of carbonyl (C=O) groups is 1. The molecule has 2 N–H and O–H groups in total. The van der Waals surface area contributed by atoms with Gasteiger partial charge in [0.25, 0.3) is 0 Å². The minimum absolute atomic E-state index is 0.0207. The Morgan fingerprint density at radius 2 is 2.17 bits per heavy atom. The van der Waals surface area contributed by atoms with Gasteiger partial charge in [0.15, 0.2) is 0 Å². The third-order valence-corrected chi connectivity index (χ3v) is 3.03. The Hall–Kier alpha value is -1.86. The fourth-order valence-electron chi connectivity index (χ4n) is 1.66. The first-order valence-electron chi connectivity index (χ1n) is 5.95. The smallest absolute Gasteiger partial charge is 0.226 e. The van der Waals surface area contributed by atoms with Crippen LogP contribution in [0.25, 0.3) is 0 Å². The zero-order chi connectivity index (χ0) is 13.7. The second-order valence-electron chi connectivity index (χ2n) is 4.65. The fourth-order valence-corrected chi connectivity index (χ4v) is 1.66. The van der Waals surface area contributed by atoms with Gasteiger partial charge < -0.3 is 10.6 Å². The van der Waals surface area contributed by atoms with Crippen molar-refractivity contribution >= 4 is 5.91 Å². The maximum atomic E-state index is 12.0. The van der Waals surface area contributed by atoms with E-state index in [9.17, 15) is 4.79 Å². The molecule has 1 aromatic rings. The van der Waals surface area contributed by atoms with Crippen LogP contribution in [0.2, 0.25) is 0 Å². The molecule has 0 saturated heterocycles. The van der Waals surface area contributed by atoms with E-state index in [4.69, 9.17) is 11.0 Å². The SMILES string of the molecule is CC(N)C(C)C(=O)N(C)Cc1cccc(C#N)c1. The molecule has 2 atom stereocenters. The predicted molar refractivity (Wildman–Crippen MR) is 70.4 cm³/mol. The van der Waals surface area contributed by atoms with Crippen LogP contribution in [0.1, 0.15) is 25.0 Å². The number of nitrogens with two attached hydrogens (primary N) is 1. The lowest BCUT2D eigenvalue weighted by Crippen LogP contribution is -2.39. The number of rotatable bonds is 4. The van der Waals surface area contributed by atoms with Gasteiger partial charge in [-0.05, 0) is 24.6 Å². The molecular weight excluding hydrogens is 226 g/mol. The highest BCUT2D eigenvalue weighted by molar-refractivity contribution is 5.78. The molecule has 0 bridgehead atoms. The molecule has 4 nitrogen and oxygen atoms in total. The Kier molecular flexibility index (Phi) is 4.87. The normalized spacial score (nSPS) is 13.5. The van der Waals surface area contributed by atoms with Crippen LogP contribution in [0.5, 0.6) is 0 Å². The van der Waals surface area contributed by atoms with Crippen molar-refractivity contribution in [1.82, 2.24) is 4.90 Å². The summed E-state index contributed by atoms with van der Waals surface area (Å²) in [5, 5.41) is 8.82. The first-order chi connectivity index (χ1) is 8.45. The van der Waals surface area contributed by atoms with Gasteiger partial charge in [-0.1, -0.05) is 19.1 Å². The first kappa shape index (κ1) is 14.2. The summed E-state index contributed by atoms with van der Waals surface area (Å²) >= 11 is 0. The minimum atomic E-state index is -0.200. The van der Waals surface area contributed by atoms with Crippen LogP contribution in [-0.2, 0) is 11.3 Å². The van der Waals surface area contributed by atoms with Crippen LogP contribution in [0.15, 0.2) is 24.3 Å². The largest absolute Gasteiger partial charge is 0.341 e. The fraction of sp³-hybridized carbons (Fsp3) is 0.429. The van der Waals surface area contributed by atoms with Crippen LogP contribution in [0, 0.1) is 17.2 Å². The first-order valence-corrected chi connectivity index (χ1v) is 5.95. The Morgan fingerprint density at radius 1 is 1.50 bits per heavy atom. The molecule has 0 spiro atoms. The molecule has 0 aliphatic carbocycles. The lowest BCUT2D eigenvalue weighted by Gasteiger charge is -2.23. The van der Waals surface area contributed by atoms with Gasteiger partial charge in [-0.2, -0.15) is 5.26 Å². The maximum Gasteiger partial charge on any atom is 0.226 e.